The van der Waals surface area contributed by atoms with Gasteiger partial charge in [-0.05, 0) is 25.0 Å². The third-order valence-electron chi connectivity index (χ3n) is 4.05. The molecule has 2 rings (SSSR count). The van der Waals surface area contributed by atoms with Crippen molar-refractivity contribution in [2.75, 3.05) is 6.61 Å². The van der Waals surface area contributed by atoms with Crippen molar-refractivity contribution in [3.63, 3.8) is 0 Å². The van der Waals surface area contributed by atoms with E-state index in [0.29, 0.717) is 28.7 Å². The van der Waals surface area contributed by atoms with E-state index in [1.165, 1.54) is 32.1 Å². The molecule has 4 heteroatoms. The average Bonchev–Trinajstić information content (AvgIpc) is 2.45. The monoisotopic (exact) mass is 329 g/mol. The second-order valence-corrected chi connectivity index (χ2v) is 6.63. The van der Waals surface area contributed by atoms with Gasteiger partial charge in [0.1, 0.15) is 5.75 Å². The predicted molar refractivity (Wildman–Crippen MR) is 90.7 cm³/mol. The van der Waals surface area contributed by atoms with Gasteiger partial charge >= 0.3 is 0 Å². The molecule has 1 heterocycles. The molecule has 0 amide bonds. The van der Waals surface area contributed by atoms with Gasteiger partial charge in [0.2, 0.25) is 0 Å². The zero-order chi connectivity index (χ0) is 15.2. The molecule has 1 aliphatic rings. The number of hydrogen-bond acceptors (Lipinski definition) is 2. The largest absolute Gasteiger partial charge is 0.492 e. The van der Waals surface area contributed by atoms with Crippen LogP contribution in [-0.4, -0.2) is 12.6 Å². The van der Waals surface area contributed by atoms with E-state index < -0.39 is 0 Å². The van der Waals surface area contributed by atoms with Crippen LogP contribution in [0, 0.1) is 0 Å². The molecule has 0 fully saturated rings. The summed E-state index contributed by atoms with van der Waals surface area (Å²) >= 11 is 12.4. The third-order valence-corrected chi connectivity index (χ3v) is 4.54. The topological polar surface area (TPSA) is 21.3 Å². The van der Waals surface area contributed by atoms with E-state index in [-0.39, 0.29) is 0 Å². The lowest BCUT2D eigenvalue weighted by Crippen LogP contribution is -2.35. The van der Waals surface area contributed by atoms with Gasteiger partial charge in [-0.1, -0.05) is 56.3 Å². The van der Waals surface area contributed by atoms with Crippen molar-refractivity contribution in [2.24, 2.45) is 0 Å². The molecule has 0 saturated carbocycles. The Morgan fingerprint density at radius 3 is 2.76 bits per heavy atom. The van der Waals surface area contributed by atoms with Crippen LogP contribution >= 0.6 is 23.2 Å². The highest BCUT2D eigenvalue weighted by Crippen LogP contribution is 2.40. The molecule has 2 unspecified atom stereocenters. The van der Waals surface area contributed by atoms with Crippen molar-refractivity contribution >= 4 is 23.2 Å². The highest BCUT2D eigenvalue weighted by atomic mass is 35.5. The molecule has 0 spiro atoms. The number of rotatable bonds is 7. The van der Waals surface area contributed by atoms with Crippen molar-refractivity contribution in [2.45, 2.75) is 64.5 Å². The first-order chi connectivity index (χ1) is 10.2. The van der Waals surface area contributed by atoms with Gasteiger partial charge < -0.3 is 10.1 Å². The fourth-order valence-corrected chi connectivity index (χ4v) is 3.56. The second kappa shape index (κ2) is 8.26. The van der Waals surface area contributed by atoms with E-state index in [2.05, 4.69) is 19.2 Å². The number of nitrogens with one attached hydrogen (secondary N) is 1. The van der Waals surface area contributed by atoms with Crippen molar-refractivity contribution < 1.29 is 4.74 Å². The number of halogens is 2. The summed E-state index contributed by atoms with van der Waals surface area (Å²) in [7, 11) is 0. The van der Waals surface area contributed by atoms with Crippen LogP contribution in [0.1, 0.15) is 64.0 Å². The van der Waals surface area contributed by atoms with Gasteiger partial charge in [-0.3, -0.25) is 0 Å². The lowest BCUT2D eigenvalue weighted by atomic mass is 9.97. The number of fused-ring (bicyclic) bond motifs is 1. The molecular formula is C17H25Cl2NO. The standard InChI is InChI=1S/C17H25Cl2NO/c1-3-5-7-13(6-4-2)20-16-8-9-21-17-14(16)10-12(18)11-15(17)19/h10-11,13,16,20H,3-9H2,1-2H3. The fraction of sp³-hybridized carbons (Fsp3) is 0.647. The van der Waals surface area contributed by atoms with Crippen LogP contribution in [0.4, 0.5) is 0 Å². The molecule has 2 nitrogen and oxygen atoms in total. The van der Waals surface area contributed by atoms with Gasteiger partial charge in [0.25, 0.3) is 0 Å². The van der Waals surface area contributed by atoms with E-state index in [9.17, 15) is 0 Å². The molecule has 21 heavy (non-hydrogen) atoms. The minimum atomic E-state index is 0.290. The fourth-order valence-electron chi connectivity index (χ4n) is 2.99. The predicted octanol–water partition coefficient (Wildman–Crippen LogP) is 5.77. The zero-order valence-corrected chi connectivity index (χ0v) is 14.4. The molecule has 1 aliphatic heterocycles. The minimum absolute atomic E-state index is 0.290. The second-order valence-electron chi connectivity index (χ2n) is 5.79. The molecule has 0 aromatic heterocycles. The van der Waals surface area contributed by atoms with Gasteiger partial charge in [-0.15, -0.1) is 0 Å². The smallest absolute Gasteiger partial charge is 0.142 e. The van der Waals surface area contributed by atoms with E-state index in [4.69, 9.17) is 27.9 Å². The molecule has 0 aliphatic carbocycles. The van der Waals surface area contributed by atoms with E-state index >= 15 is 0 Å². The van der Waals surface area contributed by atoms with Gasteiger partial charge in [0.05, 0.1) is 11.6 Å². The van der Waals surface area contributed by atoms with Crippen molar-refractivity contribution in [3.8, 4) is 5.75 Å². The van der Waals surface area contributed by atoms with Crippen LogP contribution in [0.3, 0.4) is 0 Å². The van der Waals surface area contributed by atoms with E-state index in [1.54, 1.807) is 6.07 Å². The number of unbranched alkanes of at least 4 members (excludes halogenated alkanes) is 1. The van der Waals surface area contributed by atoms with Crippen LogP contribution < -0.4 is 10.1 Å². The molecular weight excluding hydrogens is 305 g/mol. The van der Waals surface area contributed by atoms with Crippen LogP contribution in [0.15, 0.2) is 12.1 Å². The van der Waals surface area contributed by atoms with Gasteiger partial charge in [-0.25, -0.2) is 0 Å². The molecule has 2 atom stereocenters. The summed E-state index contributed by atoms with van der Waals surface area (Å²) in [6, 6.07) is 4.59. The highest BCUT2D eigenvalue weighted by molar-refractivity contribution is 6.35. The Morgan fingerprint density at radius 2 is 2.05 bits per heavy atom. The minimum Gasteiger partial charge on any atom is -0.492 e. The first-order valence-corrected chi connectivity index (χ1v) is 8.79. The van der Waals surface area contributed by atoms with Crippen molar-refractivity contribution in [1.29, 1.82) is 0 Å². The van der Waals surface area contributed by atoms with E-state index in [1.807, 2.05) is 6.07 Å². The molecule has 1 N–H and O–H groups in total. The van der Waals surface area contributed by atoms with Crippen LogP contribution in [0.5, 0.6) is 5.75 Å². The maximum atomic E-state index is 6.26. The lowest BCUT2D eigenvalue weighted by Gasteiger charge is -2.31. The molecule has 118 valence electrons. The Balaban J connectivity index is 2.14. The summed E-state index contributed by atoms with van der Waals surface area (Å²) in [5, 5.41) is 5.10. The Kier molecular flexibility index (Phi) is 6.66. The Morgan fingerprint density at radius 1 is 1.24 bits per heavy atom. The number of ether oxygens (including phenoxy) is 1. The molecule has 0 saturated heterocycles. The Labute approximate surface area is 138 Å². The summed E-state index contributed by atoms with van der Waals surface area (Å²) in [6.45, 7) is 5.19. The van der Waals surface area contributed by atoms with Gasteiger partial charge in [0.15, 0.2) is 0 Å². The zero-order valence-electron chi connectivity index (χ0n) is 12.9. The van der Waals surface area contributed by atoms with Gasteiger partial charge in [-0.2, -0.15) is 0 Å². The Bertz CT molecular complexity index is 464. The van der Waals surface area contributed by atoms with Crippen molar-refractivity contribution in [3.05, 3.63) is 27.7 Å². The van der Waals surface area contributed by atoms with Gasteiger partial charge in [0, 0.05) is 29.1 Å². The molecule has 0 bridgehead atoms. The van der Waals surface area contributed by atoms with Crippen LogP contribution in [-0.2, 0) is 0 Å². The SMILES string of the molecule is CCCCC(CCC)NC1CCOc2c(Cl)cc(Cl)cc21. The number of hydrogen-bond donors (Lipinski definition) is 1. The summed E-state index contributed by atoms with van der Waals surface area (Å²) in [4.78, 5) is 0. The normalized spacial score (nSPS) is 19.0. The van der Waals surface area contributed by atoms with E-state index in [0.717, 1.165) is 17.7 Å². The first-order valence-electron chi connectivity index (χ1n) is 8.03. The summed E-state index contributed by atoms with van der Waals surface area (Å²) in [5.41, 5.74) is 1.11. The summed E-state index contributed by atoms with van der Waals surface area (Å²) in [6.07, 6.45) is 7.12. The quantitative estimate of drug-likeness (QED) is 0.686. The highest BCUT2D eigenvalue weighted by Gasteiger charge is 2.25. The number of benzene rings is 1. The van der Waals surface area contributed by atoms with Crippen molar-refractivity contribution in [1.82, 2.24) is 5.32 Å². The Hall–Kier alpha value is -0.440. The molecule has 1 aromatic rings. The molecule has 0 radical (unpaired) electrons. The average molecular weight is 330 g/mol. The van der Waals surface area contributed by atoms with Crippen LogP contribution in [0.25, 0.3) is 0 Å². The van der Waals surface area contributed by atoms with Crippen LogP contribution in [0.2, 0.25) is 10.0 Å². The third kappa shape index (κ3) is 4.51. The molecule has 1 aromatic carbocycles. The lowest BCUT2D eigenvalue weighted by molar-refractivity contribution is 0.239. The summed E-state index contributed by atoms with van der Waals surface area (Å²) in [5.74, 6) is 0.801. The summed E-state index contributed by atoms with van der Waals surface area (Å²) < 4.78 is 5.73. The maximum Gasteiger partial charge on any atom is 0.142 e. The first kappa shape index (κ1) is 16.9. The maximum absolute atomic E-state index is 6.26.